The van der Waals surface area contributed by atoms with Gasteiger partial charge in [0, 0.05) is 22.5 Å². The fourth-order valence-electron chi connectivity index (χ4n) is 2.60. The highest BCUT2D eigenvalue weighted by molar-refractivity contribution is 6.31. The zero-order chi connectivity index (χ0) is 11.2. The molecular weight excluding hydrogens is 226 g/mol. The summed E-state index contributed by atoms with van der Waals surface area (Å²) in [7, 11) is 0. The molecule has 0 amide bonds. The van der Waals surface area contributed by atoms with Gasteiger partial charge in [-0.3, -0.25) is 0 Å². The first-order valence-corrected chi connectivity index (χ1v) is 5.93. The van der Waals surface area contributed by atoms with Gasteiger partial charge in [0.25, 0.3) is 0 Å². The van der Waals surface area contributed by atoms with Crippen molar-refractivity contribution in [2.24, 2.45) is 5.73 Å². The maximum absolute atomic E-state index is 6.29. The van der Waals surface area contributed by atoms with E-state index in [-0.39, 0.29) is 12.2 Å². The predicted octanol–water partition coefficient (Wildman–Crippen LogP) is 2.45. The van der Waals surface area contributed by atoms with E-state index in [0.29, 0.717) is 6.54 Å². The Balaban J connectivity index is 2.15. The zero-order valence-electron chi connectivity index (χ0n) is 8.96. The van der Waals surface area contributed by atoms with Gasteiger partial charge in [0.05, 0.1) is 0 Å². The van der Waals surface area contributed by atoms with Crippen molar-refractivity contribution in [1.82, 2.24) is 0 Å². The van der Waals surface area contributed by atoms with Gasteiger partial charge in [-0.05, 0) is 25.0 Å². The molecule has 1 fully saturated rings. The van der Waals surface area contributed by atoms with E-state index in [0.717, 1.165) is 34.9 Å². The largest absolute Gasteiger partial charge is 0.454 e. The quantitative estimate of drug-likeness (QED) is 0.862. The third-order valence-corrected chi connectivity index (χ3v) is 4.04. The van der Waals surface area contributed by atoms with Crippen LogP contribution in [0.5, 0.6) is 11.5 Å². The molecule has 2 N–H and O–H groups in total. The van der Waals surface area contributed by atoms with E-state index in [1.54, 1.807) is 0 Å². The number of hydrogen-bond donors (Lipinski definition) is 1. The number of rotatable bonds is 2. The van der Waals surface area contributed by atoms with Crippen molar-refractivity contribution < 1.29 is 9.47 Å². The topological polar surface area (TPSA) is 44.5 Å². The van der Waals surface area contributed by atoms with Crippen molar-refractivity contribution >= 4 is 11.6 Å². The van der Waals surface area contributed by atoms with Gasteiger partial charge in [-0.15, -0.1) is 0 Å². The minimum absolute atomic E-state index is 0.0100. The van der Waals surface area contributed by atoms with E-state index < -0.39 is 0 Å². The number of ether oxygens (including phenoxy) is 2. The molecule has 0 unspecified atom stereocenters. The van der Waals surface area contributed by atoms with E-state index in [4.69, 9.17) is 26.8 Å². The van der Waals surface area contributed by atoms with Crippen LogP contribution in [-0.4, -0.2) is 13.3 Å². The molecule has 0 radical (unpaired) electrons. The second kappa shape index (κ2) is 3.54. The van der Waals surface area contributed by atoms with Crippen molar-refractivity contribution in [3.05, 3.63) is 22.7 Å². The van der Waals surface area contributed by atoms with Crippen LogP contribution in [0, 0.1) is 0 Å². The van der Waals surface area contributed by atoms with Crippen LogP contribution < -0.4 is 15.2 Å². The van der Waals surface area contributed by atoms with Crippen molar-refractivity contribution in [3.63, 3.8) is 0 Å². The summed E-state index contributed by atoms with van der Waals surface area (Å²) in [6.45, 7) is 0.899. The number of fused-ring (bicyclic) bond motifs is 1. The Labute approximate surface area is 99.5 Å². The Morgan fingerprint density at radius 1 is 1.31 bits per heavy atom. The van der Waals surface area contributed by atoms with Crippen LogP contribution in [0.15, 0.2) is 12.1 Å². The third kappa shape index (κ3) is 1.25. The van der Waals surface area contributed by atoms with E-state index >= 15 is 0 Å². The Bertz CT molecular complexity index is 424. The molecular formula is C12H14ClNO2. The van der Waals surface area contributed by atoms with Gasteiger partial charge in [-0.1, -0.05) is 18.0 Å². The lowest BCUT2D eigenvalue weighted by atomic mass is 9.64. The average Bonchev–Trinajstić information content (AvgIpc) is 2.68. The highest BCUT2D eigenvalue weighted by atomic mass is 35.5. The predicted molar refractivity (Wildman–Crippen MR) is 62.2 cm³/mol. The number of nitrogens with two attached hydrogens (primary N) is 1. The molecule has 3 rings (SSSR count). The second-order valence-electron chi connectivity index (χ2n) is 4.49. The summed E-state index contributed by atoms with van der Waals surface area (Å²) < 4.78 is 10.9. The summed E-state index contributed by atoms with van der Waals surface area (Å²) in [6.07, 6.45) is 3.38. The van der Waals surface area contributed by atoms with Gasteiger partial charge in [-0.2, -0.15) is 0 Å². The Morgan fingerprint density at radius 3 is 2.75 bits per heavy atom. The van der Waals surface area contributed by atoms with Gasteiger partial charge in [-0.25, -0.2) is 0 Å². The Kier molecular flexibility index (Phi) is 2.26. The van der Waals surface area contributed by atoms with Crippen LogP contribution in [0.25, 0.3) is 0 Å². The van der Waals surface area contributed by atoms with Crippen LogP contribution in [0.3, 0.4) is 0 Å². The number of halogens is 1. The number of hydrogen-bond acceptors (Lipinski definition) is 3. The standard InChI is InChI=1S/C12H14ClNO2/c13-8-2-3-9-11(16-7-15-9)10(8)12(6-14)4-1-5-12/h2-3H,1,4-7,14H2. The summed E-state index contributed by atoms with van der Waals surface area (Å²) in [5.41, 5.74) is 6.97. The zero-order valence-corrected chi connectivity index (χ0v) is 9.72. The lowest BCUT2D eigenvalue weighted by molar-refractivity contribution is 0.168. The van der Waals surface area contributed by atoms with E-state index in [1.807, 2.05) is 12.1 Å². The molecule has 1 aromatic rings. The molecule has 1 saturated carbocycles. The SMILES string of the molecule is NCC1(c2c(Cl)ccc3c2OCO3)CCC1. The fourth-order valence-corrected chi connectivity index (χ4v) is 2.95. The van der Waals surface area contributed by atoms with Crippen LogP contribution >= 0.6 is 11.6 Å². The molecule has 0 spiro atoms. The summed E-state index contributed by atoms with van der Waals surface area (Å²) >= 11 is 6.29. The molecule has 2 aliphatic rings. The second-order valence-corrected chi connectivity index (χ2v) is 4.90. The normalized spacial score (nSPS) is 20.6. The van der Waals surface area contributed by atoms with E-state index in [1.165, 1.54) is 6.42 Å². The first kappa shape index (κ1) is 10.2. The molecule has 0 bridgehead atoms. The molecule has 4 heteroatoms. The minimum Gasteiger partial charge on any atom is -0.454 e. The molecule has 1 aromatic carbocycles. The Hall–Kier alpha value is -0.930. The summed E-state index contributed by atoms with van der Waals surface area (Å²) in [5.74, 6) is 1.59. The summed E-state index contributed by atoms with van der Waals surface area (Å²) in [4.78, 5) is 0. The number of benzene rings is 1. The van der Waals surface area contributed by atoms with Gasteiger partial charge in [0.1, 0.15) is 0 Å². The van der Waals surface area contributed by atoms with E-state index in [2.05, 4.69) is 0 Å². The molecule has 1 aliphatic heterocycles. The first-order valence-electron chi connectivity index (χ1n) is 5.55. The van der Waals surface area contributed by atoms with Gasteiger partial charge < -0.3 is 15.2 Å². The van der Waals surface area contributed by atoms with Crippen LogP contribution in [0.2, 0.25) is 5.02 Å². The lowest BCUT2D eigenvalue weighted by Crippen LogP contribution is -2.42. The van der Waals surface area contributed by atoms with Crippen molar-refractivity contribution in [3.8, 4) is 11.5 Å². The van der Waals surface area contributed by atoms with E-state index in [9.17, 15) is 0 Å². The van der Waals surface area contributed by atoms with Gasteiger partial charge >= 0.3 is 0 Å². The monoisotopic (exact) mass is 239 g/mol. The van der Waals surface area contributed by atoms with Crippen molar-refractivity contribution in [2.75, 3.05) is 13.3 Å². The summed E-state index contributed by atoms with van der Waals surface area (Å²) in [6, 6.07) is 3.73. The maximum Gasteiger partial charge on any atom is 0.231 e. The lowest BCUT2D eigenvalue weighted by Gasteiger charge is -2.42. The molecule has 0 saturated heterocycles. The Morgan fingerprint density at radius 2 is 2.12 bits per heavy atom. The first-order chi connectivity index (χ1) is 7.77. The molecule has 86 valence electrons. The molecule has 3 nitrogen and oxygen atoms in total. The van der Waals surface area contributed by atoms with Crippen molar-refractivity contribution in [1.29, 1.82) is 0 Å². The van der Waals surface area contributed by atoms with Crippen LogP contribution in [0.4, 0.5) is 0 Å². The molecule has 0 atom stereocenters. The highest BCUT2D eigenvalue weighted by Gasteiger charge is 2.42. The van der Waals surface area contributed by atoms with Crippen LogP contribution in [0.1, 0.15) is 24.8 Å². The molecule has 16 heavy (non-hydrogen) atoms. The van der Waals surface area contributed by atoms with Crippen LogP contribution in [-0.2, 0) is 5.41 Å². The molecule has 1 aliphatic carbocycles. The molecule has 0 aromatic heterocycles. The third-order valence-electron chi connectivity index (χ3n) is 3.72. The minimum atomic E-state index is 0.0100. The average molecular weight is 240 g/mol. The molecule has 1 heterocycles. The highest BCUT2D eigenvalue weighted by Crippen LogP contribution is 2.52. The smallest absolute Gasteiger partial charge is 0.231 e. The van der Waals surface area contributed by atoms with Gasteiger partial charge in [0.2, 0.25) is 6.79 Å². The van der Waals surface area contributed by atoms with Crippen molar-refractivity contribution in [2.45, 2.75) is 24.7 Å². The maximum atomic E-state index is 6.29. The van der Waals surface area contributed by atoms with Gasteiger partial charge in [0.15, 0.2) is 11.5 Å². The summed E-state index contributed by atoms with van der Waals surface area (Å²) in [5, 5.41) is 0.745. The fraction of sp³-hybridized carbons (Fsp3) is 0.500.